The number of urea groups is 1. The number of nitrogens with one attached hydrogen (secondary N) is 1. The number of anilines is 2. The molecule has 0 saturated carbocycles. The van der Waals surface area contributed by atoms with E-state index in [1.807, 2.05) is 21.0 Å². The Morgan fingerprint density at radius 2 is 1.97 bits per heavy atom. The number of thiophene rings is 1. The highest BCUT2D eigenvalue weighted by molar-refractivity contribution is 7.16. The summed E-state index contributed by atoms with van der Waals surface area (Å²) in [5.74, 6) is -0.359. The largest absolute Gasteiger partial charge is 0.396 e. The Morgan fingerprint density at radius 1 is 1.26 bits per heavy atom. The Bertz CT molecular complexity index is 889. The smallest absolute Gasteiger partial charge is 0.324 e. The molecule has 3 rings (SSSR count). The SMILES string of the molecule is CCN(C(=O)NCC(C)(C)CN(C)C)C(=O)[C@@H]1C[C@@H]2Cc3c(sc(N)c3N)C[C@H]2N(CCF)C1. The fraction of sp³-hybridized carbons (Fsp3) is 0.750. The number of carbonyl (C=O) groups excluding carboxylic acids is 2. The van der Waals surface area contributed by atoms with Crippen LogP contribution in [0.1, 0.15) is 37.6 Å². The lowest BCUT2D eigenvalue weighted by Crippen LogP contribution is -2.57. The Hall–Kier alpha value is -1.91. The van der Waals surface area contributed by atoms with E-state index in [2.05, 4.69) is 29.0 Å². The number of likely N-dealkylation sites (tertiary alicyclic amines) is 1. The summed E-state index contributed by atoms with van der Waals surface area (Å²) in [6.45, 7) is 7.85. The van der Waals surface area contributed by atoms with Gasteiger partial charge in [0, 0.05) is 43.6 Å². The zero-order valence-corrected chi connectivity index (χ0v) is 22.0. The number of hydrogen-bond acceptors (Lipinski definition) is 7. The molecule has 0 aromatic carbocycles. The van der Waals surface area contributed by atoms with Gasteiger partial charge in [0.1, 0.15) is 11.7 Å². The molecule has 2 heterocycles. The predicted molar refractivity (Wildman–Crippen MR) is 137 cm³/mol. The van der Waals surface area contributed by atoms with Gasteiger partial charge in [-0.2, -0.15) is 0 Å². The Kier molecular flexibility index (Phi) is 8.47. The van der Waals surface area contributed by atoms with Gasteiger partial charge in [-0.05, 0) is 57.2 Å². The van der Waals surface area contributed by atoms with Crippen molar-refractivity contribution in [3.63, 3.8) is 0 Å². The first-order valence-electron chi connectivity index (χ1n) is 12.2. The van der Waals surface area contributed by atoms with Gasteiger partial charge >= 0.3 is 6.03 Å². The quantitative estimate of drug-likeness (QED) is 0.510. The first-order valence-corrected chi connectivity index (χ1v) is 13.0. The molecule has 0 spiro atoms. The van der Waals surface area contributed by atoms with Crippen molar-refractivity contribution in [2.75, 3.05) is 65.0 Å². The molecule has 3 amide bonds. The summed E-state index contributed by atoms with van der Waals surface area (Å²) in [6, 6.07) is -0.195. The maximum atomic E-state index is 13.5. The van der Waals surface area contributed by atoms with Gasteiger partial charge in [0.05, 0.1) is 11.6 Å². The van der Waals surface area contributed by atoms with Gasteiger partial charge < -0.3 is 21.7 Å². The number of nitrogen functional groups attached to an aromatic ring is 2. The Labute approximate surface area is 206 Å². The van der Waals surface area contributed by atoms with Crippen molar-refractivity contribution in [2.45, 2.75) is 46.1 Å². The van der Waals surface area contributed by atoms with Crippen LogP contribution in [0.4, 0.5) is 19.9 Å². The number of imide groups is 1. The van der Waals surface area contributed by atoms with Crippen LogP contribution in [0.25, 0.3) is 0 Å². The summed E-state index contributed by atoms with van der Waals surface area (Å²) in [7, 11) is 3.99. The topological polar surface area (TPSA) is 108 Å². The van der Waals surface area contributed by atoms with Crippen LogP contribution in [0.15, 0.2) is 0 Å². The van der Waals surface area contributed by atoms with Gasteiger partial charge in [-0.3, -0.25) is 14.6 Å². The molecule has 10 heteroatoms. The number of hydrogen-bond donors (Lipinski definition) is 3. The lowest BCUT2D eigenvalue weighted by atomic mass is 9.74. The molecule has 0 bridgehead atoms. The number of piperidine rings is 1. The Morgan fingerprint density at radius 3 is 2.59 bits per heavy atom. The number of fused-ring (bicyclic) bond motifs is 2. The monoisotopic (exact) mass is 496 g/mol. The minimum absolute atomic E-state index is 0.125. The maximum absolute atomic E-state index is 13.5. The van der Waals surface area contributed by atoms with Crippen molar-refractivity contribution in [2.24, 2.45) is 17.3 Å². The third kappa shape index (κ3) is 5.83. The van der Waals surface area contributed by atoms with Crippen molar-refractivity contribution < 1.29 is 14.0 Å². The number of carbonyl (C=O) groups is 2. The van der Waals surface area contributed by atoms with Crippen molar-refractivity contribution in [1.29, 1.82) is 0 Å². The highest BCUT2D eigenvalue weighted by atomic mass is 32.1. The zero-order valence-electron chi connectivity index (χ0n) is 21.2. The van der Waals surface area contributed by atoms with E-state index >= 15 is 0 Å². The fourth-order valence-corrected chi connectivity index (χ4v) is 6.77. The van der Waals surface area contributed by atoms with Crippen molar-refractivity contribution in [1.82, 2.24) is 20.0 Å². The summed E-state index contributed by atoms with van der Waals surface area (Å²) in [4.78, 5) is 33.1. The average molecular weight is 497 g/mol. The molecule has 0 radical (unpaired) electrons. The van der Waals surface area contributed by atoms with Gasteiger partial charge in [0.2, 0.25) is 5.91 Å². The van der Waals surface area contributed by atoms with Gasteiger partial charge in [-0.25, -0.2) is 9.18 Å². The summed E-state index contributed by atoms with van der Waals surface area (Å²) in [6.07, 6.45) is 2.19. The molecule has 34 heavy (non-hydrogen) atoms. The number of halogens is 1. The lowest BCUT2D eigenvalue weighted by molar-refractivity contribution is -0.136. The van der Waals surface area contributed by atoms with Crippen LogP contribution in [-0.2, 0) is 17.6 Å². The van der Waals surface area contributed by atoms with Crippen LogP contribution in [0.3, 0.4) is 0 Å². The number of alkyl halides is 1. The van der Waals surface area contributed by atoms with Crippen LogP contribution in [0, 0.1) is 17.3 Å². The van der Waals surface area contributed by atoms with Crippen LogP contribution < -0.4 is 16.8 Å². The minimum atomic E-state index is -0.468. The summed E-state index contributed by atoms with van der Waals surface area (Å²) in [5.41, 5.74) is 13.9. The number of rotatable bonds is 8. The summed E-state index contributed by atoms with van der Waals surface area (Å²) < 4.78 is 13.4. The molecule has 1 aromatic rings. The van der Waals surface area contributed by atoms with E-state index < -0.39 is 6.67 Å². The van der Waals surface area contributed by atoms with E-state index in [0.29, 0.717) is 36.7 Å². The first kappa shape index (κ1) is 26.7. The highest BCUT2D eigenvalue weighted by Gasteiger charge is 2.44. The van der Waals surface area contributed by atoms with Crippen molar-refractivity contribution >= 4 is 34.0 Å². The van der Waals surface area contributed by atoms with Crippen LogP contribution >= 0.6 is 11.3 Å². The minimum Gasteiger partial charge on any atom is -0.396 e. The molecule has 0 unspecified atom stereocenters. The van der Waals surface area contributed by atoms with E-state index in [4.69, 9.17) is 11.5 Å². The second-order valence-corrected chi connectivity index (χ2v) is 11.9. The predicted octanol–water partition coefficient (Wildman–Crippen LogP) is 2.43. The van der Waals surface area contributed by atoms with Crippen LogP contribution in [0.5, 0.6) is 0 Å². The van der Waals surface area contributed by atoms with E-state index in [1.165, 1.54) is 21.1 Å². The van der Waals surface area contributed by atoms with Crippen molar-refractivity contribution in [3.8, 4) is 0 Å². The molecular formula is C24H41FN6O2S. The number of amides is 3. The molecule has 1 aliphatic carbocycles. The molecule has 8 nitrogen and oxygen atoms in total. The molecule has 1 fully saturated rings. The lowest BCUT2D eigenvalue weighted by Gasteiger charge is -2.47. The second-order valence-electron chi connectivity index (χ2n) is 10.8. The van der Waals surface area contributed by atoms with Gasteiger partial charge in [-0.1, -0.05) is 13.8 Å². The normalized spacial score (nSPS) is 22.9. The van der Waals surface area contributed by atoms with E-state index in [1.54, 1.807) is 0 Å². The molecule has 2 aliphatic rings. The second kappa shape index (κ2) is 10.8. The van der Waals surface area contributed by atoms with E-state index in [-0.39, 0.29) is 41.8 Å². The molecular weight excluding hydrogens is 455 g/mol. The number of nitrogens with two attached hydrogens (primary N) is 2. The van der Waals surface area contributed by atoms with Crippen LogP contribution in [0.2, 0.25) is 0 Å². The molecule has 192 valence electrons. The fourth-order valence-electron chi connectivity index (χ4n) is 5.70. The third-order valence-corrected chi connectivity index (χ3v) is 8.19. The molecule has 1 saturated heterocycles. The molecule has 5 N–H and O–H groups in total. The summed E-state index contributed by atoms with van der Waals surface area (Å²) >= 11 is 1.52. The molecule has 1 aliphatic heterocycles. The first-order chi connectivity index (χ1) is 16.0. The maximum Gasteiger partial charge on any atom is 0.324 e. The highest BCUT2D eigenvalue weighted by Crippen LogP contribution is 2.44. The molecule has 3 atom stereocenters. The third-order valence-electron chi connectivity index (χ3n) is 7.09. The standard InChI is InChI=1S/C24H41FN6O2S/c1-6-31(23(33)28-13-24(2,3)14-29(4)5)22(32)16-9-15-10-17-19(34-21(27)20(17)26)11-18(15)30(12-16)8-7-25/h15-16,18H,6-14,26-27H2,1-5H3,(H,28,33)/t15-,16-,18-/m1/s1. The summed E-state index contributed by atoms with van der Waals surface area (Å²) in [5, 5.41) is 3.59. The van der Waals surface area contributed by atoms with Gasteiger partial charge in [0.15, 0.2) is 0 Å². The number of nitrogens with zero attached hydrogens (tertiary/aromatic N) is 3. The van der Waals surface area contributed by atoms with Crippen molar-refractivity contribution in [3.05, 3.63) is 10.4 Å². The Balaban J connectivity index is 1.72. The van der Waals surface area contributed by atoms with Gasteiger partial charge in [0.25, 0.3) is 0 Å². The van der Waals surface area contributed by atoms with E-state index in [9.17, 15) is 14.0 Å². The van der Waals surface area contributed by atoms with Gasteiger partial charge in [-0.15, -0.1) is 11.3 Å². The molecule has 1 aromatic heterocycles. The van der Waals surface area contributed by atoms with E-state index in [0.717, 1.165) is 24.9 Å². The zero-order chi connectivity index (χ0) is 25.2. The average Bonchev–Trinajstić information content (AvgIpc) is 3.03. The van der Waals surface area contributed by atoms with Crippen LogP contribution in [-0.4, -0.2) is 86.2 Å².